The third-order valence-corrected chi connectivity index (χ3v) is 7.84. The molecule has 2 atom stereocenters. The van der Waals surface area contributed by atoms with E-state index in [4.69, 9.17) is 4.74 Å². The van der Waals surface area contributed by atoms with E-state index < -0.39 is 9.84 Å². The lowest BCUT2D eigenvalue weighted by atomic mass is 10.2. The Hall–Kier alpha value is -2.32. The molecule has 2 fully saturated rings. The van der Waals surface area contributed by atoms with E-state index >= 15 is 0 Å². The Morgan fingerprint density at radius 2 is 1.81 bits per heavy atom. The number of amidine groups is 1. The average Bonchev–Trinajstić information content (AvgIpc) is 3.13. The number of methoxy groups -OCH3 is 1. The minimum absolute atomic E-state index is 0.0647. The van der Waals surface area contributed by atoms with E-state index in [-0.39, 0.29) is 28.7 Å². The van der Waals surface area contributed by atoms with E-state index in [2.05, 4.69) is 4.99 Å². The predicted octanol–water partition coefficient (Wildman–Crippen LogP) is 2.61. The molecule has 0 bridgehead atoms. The van der Waals surface area contributed by atoms with Crippen LogP contribution in [0.5, 0.6) is 5.75 Å². The summed E-state index contributed by atoms with van der Waals surface area (Å²) in [5.41, 5.74) is 1.30. The van der Waals surface area contributed by atoms with Crippen molar-refractivity contribution >= 4 is 38.4 Å². The number of fused-ring (bicyclic) bond motifs is 1. The molecule has 2 aliphatic rings. The van der Waals surface area contributed by atoms with Crippen LogP contribution >= 0.6 is 11.8 Å². The fourth-order valence-corrected chi connectivity index (χ4v) is 7.25. The maximum absolute atomic E-state index is 12.6. The Bertz CT molecular complexity index is 988. The zero-order chi connectivity index (χ0) is 19.0. The molecule has 1 amide bonds. The highest BCUT2D eigenvalue weighted by atomic mass is 32.2. The number of anilines is 1. The van der Waals surface area contributed by atoms with Crippen molar-refractivity contribution in [2.45, 2.75) is 11.3 Å². The van der Waals surface area contributed by atoms with E-state index in [0.29, 0.717) is 16.5 Å². The van der Waals surface area contributed by atoms with E-state index in [1.165, 1.54) is 11.8 Å². The SMILES string of the molecule is COc1ccc(N2C(=NC(=O)c3ccccc3)S[C@H]3CS(=O)(=O)C[C@H]32)cc1. The maximum atomic E-state index is 12.6. The van der Waals surface area contributed by atoms with Crippen molar-refractivity contribution in [3.05, 3.63) is 60.2 Å². The Morgan fingerprint density at radius 1 is 1.11 bits per heavy atom. The number of rotatable bonds is 3. The number of ether oxygens (including phenoxy) is 1. The summed E-state index contributed by atoms with van der Waals surface area (Å²) in [5.74, 6) is 0.544. The van der Waals surface area contributed by atoms with Crippen molar-refractivity contribution in [3.63, 3.8) is 0 Å². The van der Waals surface area contributed by atoms with Crippen LogP contribution in [0.25, 0.3) is 0 Å². The van der Waals surface area contributed by atoms with Gasteiger partial charge in [0.1, 0.15) is 5.75 Å². The number of thioether (sulfide) groups is 1. The summed E-state index contributed by atoms with van der Waals surface area (Å²) >= 11 is 1.36. The summed E-state index contributed by atoms with van der Waals surface area (Å²) in [6, 6.07) is 16.0. The summed E-state index contributed by atoms with van der Waals surface area (Å²) < 4.78 is 29.4. The fraction of sp³-hybridized carbons (Fsp3) is 0.263. The number of hydrogen-bond donors (Lipinski definition) is 0. The van der Waals surface area contributed by atoms with E-state index in [1.54, 1.807) is 31.4 Å². The Morgan fingerprint density at radius 3 is 2.48 bits per heavy atom. The molecule has 0 saturated carbocycles. The van der Waals surface area contributed by atoms with Gasteiger partial charge in [0.2, 0.25) is 0 Å². The van der Waals surface area contributed by atoms with E-state index in [9.17, 15) is 13.2 Å². The van der Waals surface area contributed by atoms with E-state index in [1.807, 2.05) is 35.2 Å². The van der Waals surface area contributed by atoms with Crippen LogP contribution in [0.3, 0.4) is 0 Å². The molecule has 4 rings (SSSR count). The molecule has 2 saturated heterocycles. The zero-order valence-electron chi connectivity index (χ0n) is 14.6. The molecule has 27 heavy (non-hydrogen) atoms. The molecule has 0 radical (unpaired) electrons. The molecule has 140 valence electrons. The predicted molar refractivity (Wildman–Crippen MR) is 108 cm³/mol. The Kier molecular flexibility index (Phi) is 4.69. The van der Waals surface area contributed by atoms with Gasteiger partial charge in [0.15, 0.2) is 15.0 Å². The van der Waals surface area contributed by atoms with E-state index in [0.717, 1.165) is 5.69 Å². The lowest BCUT2D eigenvalue weighted by Crippen LogP contribution is -2.37. The molecular weight excluding hydrogens is 384 g/mol. The van der Waals surface area contributed by atoms with Gasteiger partial charge in [0.25, 0.3) is 5.91 Å². The molecule has 0 aromatic heterocycles. The fourth-order valence-electron chi connectivity index (χ4n) is 3.34. The highest BCUT2D eigenvalue weighted by molar-refractivity contribution is 8.16. The minimum Gasteiger partial charge on any atom is -0.497 e. The molecule has 2 aromatic rings. The second-order valence-corrected chi connectivity index (χ2v) is 9.79. The molecule has 8 heteroatoms. The van der Waals surface area contributed by atoms with Crippen molar-refractivity contribution in [1.82, 2.24) is 0 Å². The number of hydrogen-bond acceptors (Lipinski definition) is 5. The van der Waals surface area contributed by atoms with Gasteiger partial charge >= 0.3 is 0 Å². The van der Waals surface area contributed by atoms with Gasteiger partial charge in [0, 0.05) is 16.5 Å². The van der Waals surface area contributed by atoms with Gasteiger partial charge in [-0.15, -0.1) is 0 Å². The second kappa shape index (κ2) is 7.01. The molecule has 0 N–H and O–H groups in total. The average molecular weight is 402 g/mol. The topological polar surface area (TPSA) is 76.0 Å². The number of benzene rings is 2. The van der Waals surface area contributed by atoms with Crippen molar-refractivity contribution < 1.29 is 17.9 Å². The van der Waals surface area contributed by atoms with Gasteiger partial charge in [-0.2, -0.15) is 4.99 Å². The Balaban J connectivity index is 1.71. The number of sulfone groups is 1. The number of carbonyl (C=O) groups excluding carboxylic acids is 1. The third kappa shape index (κ3) is 3.59. The highest BCUT2D eigenvalue weighted by Crippen LogP contribution is 2.41. The van der Waals surface area contributed by atoms with Gasteiger partial charge in [-0.3, -0.25) is 4.79 Å². The van der Waals surface area contributed by atoms with Gasteiger partial charge in [-0.05, 0) is 36.4 Å². The third-order valence-electron chi connectivity index (χ3n) is 4.64. The minimum atomic E-state index is -3.09. The number of amides is 1. The summed E-state index contributed by atoms with van der Waals surface area (Å²) in [6.07, 6.45) is 0. The molecular formula is C19H18N2O4S2. The summed E-state index contributed by atoms with van der Waals surface area (Å²) in [5, 5.41) is 0.415. The van der Waals surface area contributed by atoms with Gasteiger partial charge < -0.3 is 9.64 Å². The molecule has 0 unspecified atom stereocenters. The number of aliphatic imine (C=N–C) groups is 1. The lowest BCUT2D eigenvalue weighted by Gasteiger charge is -2.24. The summed E-state index contributed by atoms with van der Waals surface area (Å²) in [4.78, 5) is 18.8. The first-order valence-corrected chi connectivity index (χ1v) is 11.2. The second-order valence-electron chi connectivity index (χ2n) is 6.43. The standard InChI is InChI=1S/C19H18N2O4S2/c1-25-15-9-7-14(8-10-15)21-16-11-27(23,24)12-17(16)26-19(21)20-18(22)13-5-3-2-4-6-13/h2-10,16-17H,11-12H2,1H3/t16-,17+/m1/s1. The Labute approximate surface area is 162 Å². The van der Waals surface area contributed by atoms with Crippen LogP contribution in [-0.2, 0) is 9.84 Å². The molecule has 6 nitrogen and oxygen atoms in total. The molecule has 2 heterocycles. The van der Waals surface area contributed by atoms with Crippen LogP contribution in [-0.4, -0.2) is 49.4 Å². The first-order chi connectivity index (χ1) is 13.0. The van der Waals surface area contributed by atoms with Gasteiger partial charge in [-0.1, -0.05) is 30.0 Å². The van der Waals surface area contributed by atoms with Crippen LogP contribution in [0.4, 0.5) is 5.69 Å². The van der Waals surface area contributed by atoms with Crippen LogP contribution < -0.4 is 9.64 Å². The maximum Gasteiger partial charge on any atom is 0.279 e. The van der Waals surface area contributed by atoms with Crippen LogP contribution in [0, 0.1) is 0 Å². The largest absolute Gasteiger partial charge is 0.497 e. The first-order valence-electron chi connectivity index (χ1n) is 8.45. The quantitative estimate of drug-likeness (QED) is 0.786. The first kappa shape index (κ1) is 18.1. The normalized spacial score (nSPS) is 24.8. The van der Waals surface area contributed by atoms with Crippen molar-refractivity contribution in [1.29, 1.82) is 0 Å². The molecule has 2 aromatic carbocycles. The van der Waals surface area contributed by atoms with Crippen LogP contribution in [0.15, 0.2) is 59.6 Å². The zero-order valence-corrected chi connectivity index (χ0v) is 16.2. The molecule has 0 spiro atoms. The van der Waals surface area contributed by atoms with Crippen molar-refractivity contribution in [2.75, 3.05) is 23.5 Å². The molecule has 2 aliphatic heterocycles. The number of nitrogens with zero attached hydrogens (tertiary/aromatic N) is 2. The number of carbonyl (C=O) groups is 1. The van der Waals surface area contributed by atoms with Gasteiger partial charge in [0.05, 0.1) is 24.7 Å². The molecule has 0 aliphatic carbocycles. The summed E-state index contributed by atoms with van der Waals surface area (Å²) in [6.45, 7) is 0. The monoisotopic (exact) mass is 402 g/mol. The van der Waals surface area contributed by atoms with Crippen LogP contribution in [0.2, 0.25) is 0 Å². The smallest absolute Gasteiger partial charge is 0.279 e. The van der Waals surface area contributed by atoms with Gasteiger partial charge in [-0.25, -0.2) is 8.42 Å². The van der Waals surface area contributed by atoms with Crippen molar-refractivity contribution in [2.24, 2.45) is 4.99 Å². The lowest BCUT2D eigenvalue weighted by molar-refractivity contribution is 0.100. The highest BCUT2D eigenvalue weighted by Gasteiger charge is 2.49. The van der Waals surface area contributed by atoms with Crippen molar-refractivity contribution in [3.8, 4) is 5.75 Å². The summed E-state index contributed by atoms with van der Waals surface area (Å²) in [7, 11) is -1.50. The van der Waals surface area contributed by atoms with Crippen LogP contribution in [0.1, 0.15) is 10.4 Å².